The van der Waals surface area contributed by atoms with Gasteiger partial charge in [-0.25, -0.2) is 0 Å². The molecule has 1 amide bonds. The second-order valence-electron chi connectivity index (χ2n) is 6.35. The molecule has 4 rings (SSSR count). The summed E-state index contributed by atoms with van der Waals surface area (Å²) in [5.41, 5.74) is 5.01. The maximum atomic E-state index is 13.1. The van der Waals surface area contributed by atoms with E-state index in [1.54, 1.807) is 11.1 Å². The lowest BCUT2D eigenvalue weighted by atomic mass is 10.1. The summed E-state index contributed by atoms with van der Waals surface area (Å²) >= 11 is 0. The van der Waals surface area contributed by atoms with Gasteiger partial charge in [0.25, 0.3) is 5.91 Å². The van der Waals surface area contributed by atoms with Crippen molar-refractivity contribution in [2.45, 2.75) is 13.3 Å². The molecule has 2 heterocycles. The third-order valence-corrected chi connectivity index (χ3v) is 4.80. The summed E-state index contributed by atoms with van der Waals surface area (Å²) in [6.07, 6.45) is 4.50. The van der Waals surface area contributed by atoms with Gasteiger partial charge in [0.1, 0.15) is 0 Å². The molecule has 0 radical (unpaired) electrons. The third kappa shape index (κ3) is 2.94. The number of pyridine rings is 1. The summed E-state index contributed by atoms with van der Waals surface area (Å²) in [7, 11) is 0. The van der Waals surface area contributed by atoms with E-state index in [-0.39, 0.29) is 5.91 Å². The molecule has 4 nitrogen and oxygen atoms in total. The number of rotatable bonds is 4. The van der Waals surface area contributed by atoms with Crippen molar-refractivity contribution in [3.63, 3.8) is 0 Å². The van der Waals surface area contributed by atoms with Gasteiger partial charge >= 0.3 is 0 Å². The van der Waals surface area contributed by atoms with Crippen LogP contribution >= 0.6 is 0 Å². The highest BCUT2D eigenvalue weighted by Crippen LogP contribution is 2.34. The van der Waals surface area contributed by atoms with E-state index in [0.29, 0.717) is 12.1 Å². The number of benzene rings is 2. The van der Waals surface area contributed by atoms with Gasteiger partial charge in [-0.05, 0) is 43.2 Å². The number of anilines is 3. The number of para-hydroxylation sites is 2. The van der Waals surface area contributed by atoms with Gasteiger partial charge in [-0.2, -0.15) is 0 Å². The Labute approximate surface area is 153 Å². The molecule has 1 aliphatic rings. The van der Waals surface area contributed by atoms with E-state index in [4.69, 9.17) is 0 Å². The van der Waals surface area contributed by atoms with E-state index in [0.717, 1.165) is 24.3 Å². The van der Waals surface area contributed by atoms with Crippen molar-refractivity contribution in [1.82, 2.24) is 4.98 Å². The lowest BCUT2D eigenvalue weighted by Crippen LogP contribution is -2.30. The fourth-order valence-electron chi connectivity index (χ4n) is 3.51. The number of carbonyl (C=O) groups is 1. The summed E-state index contributed by atoms with van der Waals surface area (Å²) in [4.78, 5) is 21.4. The zero-order chi connectivity index (χ0) is 17.9. The molecule has 0 atom stereocenters. The molecule has 0 aliphatic carbocycles. The van der Waals surface area contributed by atoms with E-state index in [1.807, 2.05) is 55.6 Å². The maximum absolute atomic E-state index is 13.1. The number of amides is 1. The van der Waals surface area contributed by atoms with E-state index in [1.165, 1.54) is 11.3 Å². The van der Waals surface area contributed by atoms with Crippen LogP contribution in [-0.2, 0) is 6.42 Å². The minimum Gasteiger partial charge on any atom is -0.340 e. The average molecular weight is 343 g/mol. The van der Waals surface area contributed by atoms with Crippen molar-refractivity contribution in [1.29, 1.82) is 0 Å². The van der Waals surface area contributed by atoms with Crippen LogP contribution in [0.2, 0.25) is 0 Å². The Morgan fingerprint density at radius 3 is 2.65 bits per heavy atom. The molecule has 0 bridgehead atoms. The van der Waals surface area contributed by atoms with Crippen LogP contribution in [0.3, 0.4) is 0 Å². The van der Waals surface area contributed by atoms with Gasteiger partial charge in [-0.1, -0.05) is 36.4 Å². The first-order valence-corrected chi connectivity index (χ1v) is 8.95. The summed E-state index contributed by atoms with van der Waals surface area (Å²) < 4.78 is 0. The summed E-state index contributed by atoms with van der Waals surface area (Å²) in [5, 5.41) is 0. The Morgan fingerprint density at radius 1 is 1.08 bits per heavy atom. The molecule has 1 aliphatic heterocycles. The number of hydrogen-bond acceptors (Lipinski definition) is 3. The summed E-state index contributed by atoms with van der Waals surface area (Å²) in [6, 6.07) is 20.1. The molecule has 0 saturated carbocycles. The molecule has 0 spiro atoms. The predicted octanol–water partition coefficient (Wildman–Crippen LogP) is 4.44. The van der Waals surface area contributed by atoms with Gasteiger partial charge in [0.15, 0.2) is 0 Å². The monoisotopic (exact) mass is 343 g/mol. The fraction of sp³-hybridized carbons (Fsp3) is 0.182. The Kier molecular flexibility index (Phi) is 4.40. The average Bonchev–Trinajstić information content (AvgIpc) is 3.13. The van der Waals surface area contributed by atoms with E-state index < -0.39 is 0 Å². The van der Waals surface area contributed by atoms with Gasteiger partial charge in [0.05, 0.1) is 17.4 Å². The maximum Gasteiger partial charge on any atom is 0.259 e. The molecule has 130 valence electrons. The van der Waals surface area contributed by atoms with Gasteiger partial charge in [0.2, 0.25) is 0 Å². The van der Waals surface area contributed by atoms with Gasteiger partial charge in [-0.3, -0.25) is 9.78 Å². The smallest absolute Gasteiger partial charge is 0.259 e. The molecular weight excluding hydrogens is 322 g/mol. The lowest BCUT2D eigenvalue weighted by molar-refractivity contribution is 0.0988. The van der Waals surface area contributed by atoms with Crippen LogP contribution in [0, 0.1) is 0 Å². The molecule has 0 fully saturated rings. The van der Waals surface area contributed by atoms with E-state index in [9.17, 15) is 4.79 Å². The number of aromatic nitrogens is 1. The fourth-order valence-corrected chi connectivity index (χ4v) is 3.51. The van der Waals surface area contributed by atoms with Gasteiger partial charge in [-0.15, -0.1) is 0 Å². The first-order chi connectivity index (χ1) is 12.8. The highest BCUT2D eigenvalue weighted by Gasteiger charge is 2.22. The van der Waals surface area contributed by atoms with Crippen molar-refractivity contribution in [3.8, 4) is 0 Å². The second kappa shape index (κ2) is 7.00. The van der Waals surface area contributed by atoms with Crippen LogP contribution in [0.1, 0.15) is 22.8 Å². The quantitative estimate of drug-likeness (QED) is 0.702. The largest absolute Gasteiger partial charge is 0.340 e. The minimum atomic E-state index is -0.0273. The first kappa shape index (κ1) is 16.3. The van der Waals surface area contributed by atoms with Crippen LogP contribution in [0.15, 0.2) is 73.1 Å². The van der Waals surface area contributed by atoms with E-state index >= 15 is 0 Å². The van der Waals surface area contributed by atoms with Crippen molar-refractivity contribution >= 4 is 23.0 Å². The predicted molar refractivity (Wildman–Crippen MR) is 105 cm³/mol. The second-order valence-corrected chi connectivity index (χ2v) is 6.35. The zero-order valence-corrected chi connectivity index (χ0v) is 14.8. The molecule has 2 aromatic carbocycles. The molecule has 3 aromatic rings. The highest BCUT2D eigenvalue weighted by atomic mass is 16.2. The molecule has 1 aromatic heterocycles. The SMILES string of the molecule is CCN(C(=O)c1cncc(N2CCc3ccccc32)c1)c1ccccc1. The molecule has 0 N–H and O–H groups in total. The Balaban J connectivity index is 1.65. The normalized spacial score (nSPS) is 12.7. The number of fused-ring (bicyclic) bond motifs is 1. The van der Waals surface area contributed by atoms with Crippen LogP contribution in [0.5, 0.6) is 0 Å². The Bertz CT molecular complexity index is 923. The standard InChI is InChI=1S/C22H21N3O/c1-2-24(19-9-4-3-5-10-19)22(26)18-14-20(16-23-15-18)25-13-12-17-8-6-7-11-21(17)25/h3-11,14-16H,2,12-13H2,1H3. The molecule has 0 saturated heterocycles. The Hall–Kier alpha value is -3.14. The van der Waals surface area contributed by atoms with Gasteiger partial charge < -0.3 is 9.80 Å². The van der Waals surface area contributed by atoms with Crippen molar-refractivity contribution in [2.24, 2.45) is 0 Å². The number of nitrogens with zero attached hydrogens (tertiary/aromatic N) is 3. The highest BCUT2D eigenvalue weighted by molar-refractivity contribution is 6.06. The van der Waals surface area contributed by atoms with Gasteiger partial charge in [0, 0.05) is 30.7 Å². The van der Waals surface area contributed by atoms with Crippen LogP contribution in [0.25, 0.3) is 0 Å². The zero-order valence-electron chi connectivity index (χ0n) is 14.8. The molecule has 4 heteroatoms. The topological polar surface area (TPSA) is 36.4 Å². The first-order valence-electron chi connectivity index (χ1n) is 8.95. The van der Waals surface area contributed by atoms with Crippen molar-refractivity contribution in [2.75, 3.05) is 22.9 Å². The molecule has 0 unspecified atom stereocenters. The Morgan fingerprint density at radius 2 is 1.85 bits per heavy atom. The van der Waals surface area contributed by atoms with Crippen molar-refractivity contribution < 1.29 is 4.79 Å². The number of hydrogen-bond donors (Lipinski definition) is 0. The molecular formula is C22H21N3O. The minimum absolute atomic E-state index is 0.0273. The van der Waals surface area contributed by atoms with E-state index in [2.05, 4.69) is 28.1 Å². The van der Waals surface area contributed by atoms with Crippen LogP contribution in [-0.4, -0.2) is 24.0 Å². The van der Waals surface area contributed by atoms with Crippen LogP contribution < -0.4 is 9.80 Å². The van der Waals surface area contributed by atoms with Crippen molar-refractivity contribution in [3.05, 3.63) is 84.2 Å². The van der Waals surface area contributed by atoms with Crippen LogP contribution in [0.4, 0.5) is 17.1 Å². The number of carbonyl (C=O) groups excluding carboxylic acids is 1. The lowest BCUT2D eigenvalue weighted by Gasteiger charge is -2.23. The molecule has 26 heavy (non-hydrogen) atoms. The third-order valence-electron chi connectivity index (χ3n) is 4.80. The summed E-state index contributed by atoms with van der Waals surface area (Å²) in [6.45, 7) is 3.51. The summed E-state index contributed by atoms with van der Waals surface area (Å²) in [5.74, 6) is -0.0273.